The summed E-state index contributed by atoms with van der Waals surface area (Å²) in [7, 11) is 1.43. The molecule has 1 aliphatic heterocycles. The SMILES string of the molecule is COc1cc(-c2nc(N3CCCC(N)C3)n[nH]2)ccc1F. The molecular weight excluding hydrogens is 273 g/mol. The smallest absolute Gasteiger partial charge is 0.245 e. The Hall–Kier alpha value is -2.15. The molecule has 0 bridgehead atoms. The summed E-state index contributed by atoms with van der Waals surface area (Å²) < 4.78 is 18.4. The second-order valence-corrected chi connectivity index (χ2v) is 5.18. The van der Waals surface area contributed by atoms with Crippen LogP contribution in [0.25, 0.3) is 11.4 Å². The van der Waals surface area contributed by atoms with Gasteiger partial charge in [-0.3, -0.25) is 5.10 Å². The van der Waals surface area contributed by atoms with Crippen molar-refractivity contribution in [2.24, 2.45) is 5.73 Å². The van der Waals surface area contributed by atoms with Gasteiger partial charge in [-0.05, 0) is 31.0 Å². The predicted octanol–water partition coefficient (Wildman–Crippen LogP) is 1.55. The molecule has 3 rings (SSSR count). The molecule has 0 amide bonds. The number of hydrogen-bond donors (Lipinski definition) is 2. The summed E-state index contributed by atoms with van der Waals surface area (Å²) in [5, 5.41) is 7.11. The number of piperidine rings is 1. The molecule has 1 aromatic heterocycles. The third kappa shape index (κ3) is 2.82. The number of benzene rings is 1. The number of aromatic nitrogens is 3. The molecule has 1 aliphatic rings. The van der Waals surface area contributed by atoms with Gasteiger partial charge in [-0.15, -0.1) is 5.10 Å². The average molecular weight is 291 g/mol. The number of H-pyrrole nitrogens is 1. The van der Waals surface area contributed by atoms with Gasteiger partial charge < -0.3 is 15.4 Å². The number of aromatic amines is 1. The van der Waals surface area contributed by atoms with Crippen molar-refractivity contribution in [1.29, 1.82) is 0 Å². The molecule has 3 N–H and O–H groups in total. The van der Waals surface area contributed by atoms with Crippen LogP contribution in [0.3, 0.4) is 0 Å². The zero-order valence-electron chi connectivity index (χ0n) is 11.8. The van der Waals surface area contributed by atoms with Crippen LogP contribution in [-0.4, -0.2) is 41.4 Å². The summed E-state index contributed by atoms with van der Waals surface area (Å²) >= 11 is 0. The maximum absolute atomic E-state index is 13.4. The van der Waals surface area contributed by atoms with Crippen molar-refractivity contribution in [3.8, 4) is 17.1 Å². The van der Waals surface area contributed by atoms with Crippen LogP contribution < -0.4 is 15.4 Å². The van der Waals surface area contributed by atoms with Crippen molar-refractivity contribution in [1.82, 2.24) is 15.2 Å². The van der Waals surface area contributed by atoms with E-state index in [1.807, 2.05) is 0 Å². The highest BCUT2D eigenvalue weighted by Gasteiger charge is 2.20. The van der Waals surface area contributed by atoms with Crippen LogP contribution in [0.1, 0.15) is 12.8 Å². The Kier molecular flexibility index (Phi) is 3.74. The number of ether oxygens (including phenoxy) is 1. The maximum Gasteiger partial charge on any atom is 0.245 e. The highest BCUT2D eigenvalue weighted by atomic mass is 19.1. The van der Waals surface area contributed by atoms with E-state index in [2.05, 4.69) is 20.1 Å². The van der Waals surface area contributed by atoms with Crippen LogP contribution in [0.5, 0.6) is 5.75 Å². The third-order valence-electron chi connectivity index (χ3n) is 3.64. The number of nitrogens with zero attached hydrogens (tertiary/aromatic N) is 3. The molecule has 0 aliphatic carbocycles. The summed E-state index contributed by atoms with van der Waals surface area (Å²) in [5.74, 6) is 0.999. The normalized spacial score (nSPS) is 18.8. The van der Waals surface area contributed by atoms with E-state index in [4.69, 9.17) is 10.5 Å². The van der Waals surface area contributed by atoms with Crippen LogP contribution >= 0.6 is 0 Å². The molecule has 21 heavy (non-hydrogen) atoms. The highest BCUT2D eigenvalue weighted by molar-refractivity contribution is 5.59. The lowest BCUT2D eigenvalue weighted by Crippen LogP contribution is -2.43. The van der Waals surface area contributed by atoms with Gasteiger partial charge in [-0.1, -0.05) is 0 Å². The maximum atomic E-state index is 13.4. The van der Waals surface area contributed by atoms with Gasteiger partial charge in [-0.25, -0.2) is 4.39 Å². The Morgan fingerprint density at radius 2 is 2.33 bits per heavy atom. The minimum absolute atomic E-state index is 0.159. The molecule has 1 atom stereocenters. The summed E-state index contributed by atoms with van der Waals surface area (Å²) in [4.78, 5) is 6.53. The van der Waals surface area contributed by atoms with Gasteiger partial charge in [0.15, 0.2) is 17.4 Å². The Labute approximate surface area is 122 Å². The largest absolute Gasteiger partial charge is 0.494 e. The van der Waals surface area contributed by atoms with Gasteiger partial charge >= 0.3 is 0 Å². The lowest BCUT2D eigenvalue weighted by atomic mass is 10.1. The molecule has 0 spiro atoms. The quantitative estimate of drug-likeness (QED) is 0.897. The Morgan fingerprint density at radius 3 is 3.10 bits per heavy atom. The van der Waals surface area contributed by atoms with Gasteiger partial charge in [-0.2, -0.15) is 4.98 Å². The minimum Gasteiger partial charge on any atom is -0.494 e. The number of methoxy groups -OCH3 is 1. The number of rotatable bonds is 3. The molecule has 1 unspecified atom stereocenters. The fraction of sp³-hybridized carbons (Fsp3) is 0.429. The van der Waals surface area contributed by atoms with Crippen LogP contribution in [-0.2, 0) is 0 Å². The van der Waals surface area contributed by atoms with Crippen molar-refractivity contribution in [2.45, 2.75) is 18.9 Å². The molecule has 7 heteroatoms. The van der Waals surface area contributed by atoms with E-state index in [1.165, 1.54) is 13.2 Å². The van der Waals surface area contributed by atoms with E-state index in [1.54, 1.807) is 12.1 Å². The summed E-state index contributed by atoms with van der Waals surface area (Å²) in [5.41, 5.74) is 6.70. The fourth-order valence-corrected chi connectivity index (χ4v) is 2.52. The van der Waals surface area contributed by atoms with Gasteiger partial charge in [0.05, 0.1) is 7.11 Å². The van der Waals surface area contributed by atoms with E-state index < -0.39 is 5.82 Å². The first-order valence-corrected chi connectivity index (χ1v) is 6.94. The molecule has 112 valence electrons. The number of anilines is 1. The average Bonchev–Trinajstić information content (AvgIpc) is 2.97. The zero-order chi connectivity index (χ0) is 14.8. The van der Waals surface area contributed by atoms with Crippen LogP contribution in [0.4, 0.5) is 10.3 Å². The predicted molar refractivity (Wildman–Crippen MR) is 77.8 cm³/mol. The lowest BCUT2D eigenvalue weighted by Gasteiger charge is -2.29. The second kappa shape index (κ2) is 5.69. The van der Waals surface area contributed by atoms with Gasteiger partial charge in [0.2, 0.25) is 5.95 Å². The molecular formula is C14H18FN5O. The highest BCUT2D eigenvalue weighted by Crippen LogP contribution is 2.25. The Balaban J connectivity index is 1.84. The van der Waals surface area contributed by atoms with E-state index in [0.717, 1.165) is 31.5 Å². The molecule has 0 saturated carbocycles. The number of hydrogen-bond acceptors (Lipinski definition) is 5. The van der Waals surface area contributed by atoms with Crippen molar-refractivity contribution < 1.29 is 9.13 Å². The van der Waals surface area contributed by atoms with E-state index in [-0.39, 0.29) is 11.8 Å². The van der Waals surface area contributed by atoms with E-state index >= 15 is 0 Å². The Bertz CT molecular complexity index is 630. The summed E-state index contributed by atoms with van der Waals surface area (Å²) in [6.45, 7) is 1.65. The van der Waals surface area contributed by atoms with Crippen LogP contribution in [0.2, 0.25) is 0 Å². The molecule has 2 heterocycles. The van der Waals surface area contributed by atoms with Crippen molar-refractivity contribution in [3.63, 3.8) is 0 Å². The molecule has 0 radical (unpaired) electrons. The van der Waals surface area contributed by atoms with E-state index in [0.29, 0.717) is 11.8 Å². The standard InChI is InChI=1S/C14H18FN5O/c1-21-12-7-9(4-5-11(12)15)13-17-14(19-18-13)20-6-2-3-10(16)8-20/h4-5,7,10H,2-3,6,8,16H2,1H3,(H,17,18,19). The summed E-state index contributed by atoms with van der Waals surface area (Å²) in [6, 6.07) is 4.75. The zero-order valence-corrected chi connectivity index (χ0v) is 11.8. The lowest BCUT2D eigenvalue weighted by molar-refractivity contribution is 0.387. The second-order valence-electron chi connectivity index (χ2n) is 5.18. The fourth-order valence-electron chi connectivity index (χ4n) is 2.52. The van der Waals surface area contributed by atoms with Crippen LogP contribution in [0, 0.1) is 5.82 Å². The Morgan fingerprint density at radius 1 is 1.48 bits per heavy atom. The third-order valence-corrected chi connectivity index (χ3v) is 3.64. The summed E-state index contributed by atoms with van der Waals surface area (Å²) in [6.07, 6.45) is 2.07. The molecule has 1 saturated heterocycles. The van der Waals surface area contributed by atoms with Crippen molar-refractivity contribution >= 4 is 5.95 Å². The van der Waals surface area contributed by atoms with Crippen molar-refractivity contribution in [3.05, 3.63) is 24.0 Å². The topological polar surface area (TPSA) is 80.1 Å². The monoisotopic (exact) mass is 291 g/mol. The van der Waals surface area contributed by atoms with Gasteiger partial charge in [0.25, 0.3) is 0 Å². The van der Waals surface area contributed by atoms with Gasteiger partial charge in [0.1, 0.15) is 0 Å². The van der Waals surface area contributed by atoms with E-state index in [9.17, 15) is 4.39 Å². The minimum atomic E-state index is -0.400. The first-order valence-electron chi connectivity index (χ1n) is 6.94. The van der Waals surface area contributed by atoms with Crippen LogP contribution in [0.15, 0.2) is 18.2 Å². The molecule has 2 aromatic rings. The molecule has 6 nitrogen and oxygen atoms in total. The first kappa shape index (κ1) is 13.8. The number of nitrogens with two attached hydrogens (primary N) is 1. The molecule has 1 aromatic carbocycles. The molecule has 1 fully saturated rings. The number of halogens is 1. The van der Waals surface area contributed by atoms with Crippen molar-refractivity contribution in [2.75, 3.05) is 25.1 Å². The number of nitrogens with one attached hydrogen (secondary N) is 1. The first-order chi connectivity index (χ1) is 10.2. The van der Waals surface area contributed by atoms with Gasteiger partial charge in [0, 0.05) is 24.7 Å².